The number of hydrogen-bond donors (Lipinski definition) is 1. The lowest BCUT2D eigenvalue weighted by molar-refractivity contribution is -0.142. The van der Waals surface area contributed by atoms with Crippen molar-refractivity contribution in [2.75, 3.05) is 12.4 Å². The molecule has 1 rings (SSSR count). The number of esters is 1. The minimum Gasteiger partial charge on any atom is -0.465 e. The summed E-state index contributed by atoms with van der Waals surface area (Å²) in [6, 6.07) is 0. The van der Waals surface area contributed by atoms with Gasteiger partial charge in [0.25, 0.3) is 0 Å². The molecule has 4 nitrogen and oxygen atoms in total. The number of thiophene rings is 1. The van der Waals surface area contributed by atoms with Crippen molar-refractivity contribution in [3.63, 3.8) is 0 Å². The number of carbonyl (C=O) groups excluding carboxylic acids is 2. The van der Waals surface area contributed by atoms with Gasteiger partial charge >= 0.3 is 12.1 Å². The van der Waals surface area contributed by atoms with Crippen LogP contribution in [0.1, 0.15) is 28.1 Å². The van der Waals surface area contributed by atoms with E-state index in [1.54, 1.807) is 12.3 Å². The van der Waals surface area contributed by atoms with E-state index in [-0.39, 0.29) is 10.6 Å². The Balaban J connectivity index is 2.74. The van der Waals surface area contributed by atoms with E-state index >= 15 is 0 Å². The summed E-state index contributed by atoms with van der Waals surface area (Å²) in [5.41, 5.74) is 0.815. The Morgan fingerprint density at radius 1 is 1.42 bits per heavy atom. The van der Waals surface area contributed by atoms with Crippen molar-refractivity contribution in [3.05, 3.63) is 15.8 Å². The summed E-state index contributed by atoms with van der Waals surface area (Å²) in [6.07, 6.45) is -6.26. The fourth-order valence-electron chi connectivity index (χ4n) is 1.30. The van der Waals surface area contributed by atoms with Crippen LogP contribution in [-0.4, -0.2) is 25.2 Å². The van der Waals surface area contributed by atoms with Gasteiger partial charge in [0.05, 0.1) is 19.2 Å². The molecular weight excluding hydrogens is 283 g/mol. The van der Waals surface area contributed by atoms with Gasteiger partial charge in [-0.1, -0.05) is 0 Å². The van der Waals surface area contributed by atoms with Gasteiger partial charge in [-0.3, -0.25) is 4.79 Å². The molecule has 0 saturated carbocycles. The molecule has 0 aromatic carbocycles. The number of aryl methyl sites for hydroxylation is 1. The number of nitrogens with one attached hydrogen (secondary N) is 1. The minimum absolute atomic E-state index is 0.167. The highest BCUT2D eigenvalue weighted by Gasteiger charge is 2.28. The molecule has 19 heavy (non-hydrogen) atoms. The Bertz CT molecular complexity index is 482. The molecule has 1 aromatic rings. The van der Waals surface area contributed by atoms with Gasteiger partial charge in [0, 0.05) is 6.42 Å². The minimum atomic E-state index is -4.38. The molecule has 0 saturated heterocycles. The molecular formula is C11H12F3NO3S. The van der Waals surface area contributed by atoms with Crippen LogP contribution in [0, 0.1) is 6.92 Å². The molecule has 0 unspecified atom stereocenters. The van der Waals surface area contributed by atoms with Crippen LogP contribution < -0.4 is 5.32 Å². The van der Waals surface area contributed by atoms with Gasteiger partial charge in [0.15, 0.2) is 0 Å². The summed E-state index contributed by atoms with van der Waals surface area (Å²) in [5.74, 6) is -1.42. The lowest BCUT2D eigenvalue weighted by Crippen LogP contribution is -2.18. The third-order valence-electron chi connectivity index (χ3n) is 2.25. The van der Waals surface area contributed by atoms with Gasteiger partial charge in [-0.05, 0) is 17.9 Å². The van der Waals surface area contributed by atoms with Crippen molar-refractivity contribution in [1.82, 2.24) is 0 Å². The summed E-state index contributed by atoms with van der Waals surface area (Å²) < 4.78 is 40.5. The summed E-state index contributed by atoms with van der Waals surface area (Å²) >= 11 is 1.06. The van der Waals surface area contributed by atoms with Crippen LogP contribution >= 0.6 is 11.3 Å². The summed E-state index contributed by atoms with van der Waals surface area (Å²) in [5, 5.41) is 3.93. The standard InChI is InChI=1S/C11H12F3NO3S/c1-6-5-19-9(10(17)18-2)8(6)15-7(16)3-4-11(12,13)14/h5H,3-4H2,1-2H3,(H,15,16). The van der Waals surface area contributed by atoms with Gasteiger partial charge in [0.2, 0.25) is 5.91 Å². The number of halogens is 3. The molecule has 0 spiro atoms. The third-order valence-corrected chi connectivity index (χ3v) is 3.32. The van der Waals surface area contributed by atoms with Gasteiger partial charge in [-0.2, -0.15) is 13.2 Å². The fourth-order valence-corrected chi connectivity index (χ4v) is 2.22. The number of alkyl halides is 3. The number of carbonyl (C=O) groups is 2. The zero-order valence-corrected chi connectivity index (χ0v) is 11.1. The maximum Gasteiger partial charge on any atom is 0.389 e. The Hall–Kier alpha value is -1.57. The fraction of sp³-hybridized carbons (Fsp3) is 0.455. The summed E-state index contributed by atoms with van der Waals surface area (Å²) in [7, 11) is 1.19. The number of methoxy groups -OCH3 is 1. The van der Waals surface area contributed by atoms with Gasteiger partial charge < -0.3 is 10.1 Å². The highest BCUT2D eigenvalue weighted by atomic mass is 32.1. The first-order valence-electron chi connectivity index (χ1n) is 5.27. The number of rotatable bonds is 4. The molecule has 8 heteroatoms. The maximum atomic E-state index is 12.0. The van der Waals surface area contributed by atoms with E-state index in [2.05, 4.69) is 10.1 Å². The normalized spacial score (nSPS) is 11.2. The predicted octanol–water partition coefficient (Wildman–Crippen LogP) is 3.12. The monoisotopic (exact) mass is 295 g/mol. The van der Waals surface area contributed by atoms with Crippen molar-refractivity contribution in [2.45, 2.75) is 25.9 Å². The first kappa shape index (κ1) is 15.5. The van der Waals surface area contributed by atoms with Crippen molar-refractivity contribution >= 4 is 28.9 Å². The second-order valence-electron chi connectivity index (χ2n) is 3.78. The van der Waals surface area contributed by atoms with Gasteiger partial charge in [-0.25, -0.2) is 4.79 Å². The summed E-state index contributed by atoms with van der Waals surface area (Å²) in [4.78, 5) is 23.0. The van der Waals surface area contributed by atoms with Crippen molar-refractivity contribution in [1.29, 1.82) is 0 Å². The molecule has 0 aliphatic carbocycles. The van der Waals surface area contributed by atoms with Crippen LogP contribution in [-0.2, 0) is 9.53 Å². The largest absolute Gasteiger partial charge is 0.465 e. The lowest BCUT2D eigenvalue weighted by atomic mass is 10.2. The van der Waals surface area contributed by atoms with E-state index in [0.29, 0.717) is 5.56 Å². The summed E-state index contributed by atoms with van der Waals surface area (Å²) in [6.45, 7) is 1.64. The Kier molecular flexibility index (Phi) is 4.93. The molecule has 0 aliphatic heterocycles. The average Bonchev–Trinajstić information content (AvgIpc) is 2.67. The van der Waals surface area contributed by atoms with Crippen molar-refractivity contribution in [2.24, 2.45) is 0 Å². The van der Waals surface area contributed by atoms with Gasteiger partial charge in [-0.15, -0.1) is 11.3 Å². The van der Waals surface area contributed by atoms with E-state index in [9.17, 15) is 22.8 Å². The zero-order chi connectivity index (χ0) is 14.6. The molecule has 0 aliphatic rings. The highest BCUT2D eigenvalue weighted by Crippen LogP contribution is 2.29. The number of hydrogen-bond acceptors (Lipinski definition) is 4. The topological polar surface area (TPSA) is 55.4 Å². The van der Waals surface area contributed by atoms with E-state index in [1.165, 1.54) is 7.11 Å². The van der Waals surface area contributed by atoms with Crippen LogP contribution in [0.4, 0.5) is 18.9 Å². The maximum absolute atomic E-state index is 12.0. The Labute approximate surface area is 111 Å². The van der Waals surface area contributed by atoms with Crippen LogP contribution in [0.2, 0.25) is 0 Å². The van der Waals surface area contributed by atoms with Crippen LogP contribution in [0.5, 0.6) is 0 Å². The smallest absolute Gasteiger partial charge is 0.389 e. The Morgan fingerprint density at radius 3 is 2.58 bits per heavy atom. The molecule has 1 N–H and O–H groups in total. The third kappa shape index (κ3) is 4.55. The molecule has 0 fully saturated rings. The quantitative estimate of drug-likeness (QED) is 0.868. The molecule has 0 bridgehead atoms. The van der Waals surface area contributed by atoms with E-state index < -0.39 is 30.9 Å². The van der Waals surface area contributed by atoms with Crippen LogP contribution in [0.3, 0.4) is 0 Å². The average molecular weight is 295 g/mol. The molecule has 106 valence electrons. The van der Waals surface area contributed by atoms with Crippen LogP contribution in [0.25, 0.3) is 0 Å². The van der Waals surface area contributed by atoms with Gasteiger partial charge in [0.1, 0.15) is 4.88 Å². The molecule has 0 atom stereocenters. The molecule has 1 amide bonds. The number of amides is 1. The lowest BCUT2D eigenvalue weighted by Gasteiger charge is -2.08. The van der Waals surface area contributed by atoms with Crippen molar-refractivity contribution in [3.8, 4) is 0 Å². The first-order chi connectivity index (χ1) is 8.74. The van der Waals surface area contributed by atoms with Crippen molar-refractivity contribution < 1.29 is 27.5 Å². The molecule has 0 radical (unpaired) electrons. The number of ether oxygens (including phenoxy) is 1. The predicted molar refractivity (Wildman–Crippen MR) is 64.3 cm³/mol. The van der Waals surface area contributed by atoms with E-state index in [0.717, 1.165) is 11.3 Å². The highest BCUT2D eigenvalue weighted by molar-refractivity contribution is 7.12. The second-order valence-corrected chi connectivity index (χ2v) is 4.66. The first-order valence-corrected chi connectivity index (χ1v) is 6.15. The number of anilines is 1. The SMILES string of the molecule is COC(=O)c1scc(C)c1NC(=O)CCC(F)(F)F. The zero-order valence-electron chi connectivity index (χ0n) is 10.3. The Morgan fingerprint density at radius 2 is 2.05 bits per heavy atom. The van der Waals surface area contributed by atoms with Crippen LogP contribution in [0.15, 0.2) is 5.38 Å². The van der Waals surface area contributed by atoms with E-state index in [4.69, 9.17) is 0 Å². The molecule has 1 aromatic heterocycles. The second kappa shape index (κ2) is 6.05. The molecule has 1 heterocycles. The van der Waals surface area contributed by atoms with E-state index in [1.807, 2.05) is 0 Å².